The highest BCUT2D eigenvalue weighted by Gasteiger charge is 2.56. The predicted molar refractivity (Wildman–Crippen MR) is 164 cm³/mol. The van der Waals surface area contributed by atoms with Crippen LogP contribution >= 0.6 is 0 Å². The van der Waals surface area contributed by atoms with Crippen molar-refractivity contribution in [1.29, 1.82) is 0 Å². The molecule has 4 fully saturated rings. The van der Waals surface area contributed by atoms with Gasteiger partial charge in [0.2, 0.25) is 10.0 Å². The molecule has 1 amide bonds. The molecule has 1 saturated carbocycles. The Morgan fingerprint density at radius 3 is 2.50 bits per heavy atom. The van der Waals surface area contributed by atoms with Crippen LogP contribution in [0.15, 0.2) is 59.5 Å². The zero-order chi connectivity index (χ0) is 31.0. The van der Waals surface area contributed by atoms with Crippen molar-refractivity contribution in [1.82, 2.24) is 14.5 Å². The van der Waals surface area contributed by atoms with Gasteiger partial charge in [-0.3, -0.25) is 0 Å². The number of hydrogen-bond acceptors (Lipinski definition) is 9. The summed E-state index contributed by atoms with van der Waals surface area (Å²) < 4.78 is 46.7. The molecular formula is C32H44N4O7S. The second-order valence-electron chi connectivity index (χ2n) is 13.0. The number of carbonyl (C=O) groups is 1. The van der Waals surface area contributed by atoms with Gasteiger partial charge in [0.05, 0.1) is 30.3 Å². The number of aliphatic hydroxyl groups excluding tert-OH is 1. The van der Waals surface area contributed by atoms with E-state index in [-0.39, 0.29) is 54.1 Å². The molecule has 0 radical (unpaired) electrons. The van der Waals surface area contributed by atoms with E-state index in [2.05, 4.69) is 24.1 Å². The summed E-state index contributed by atoms with van der Waals surface area (Å²) in [5.74, 6) is 0.550. The lowest BCUT2D eigenvalue weighted by Gasteiger charge is -2.44. The maximum absolute atomic E-state index is 13.9. The van der Waals surface area contributed by atoms with Crippen LogP contribution in [0.4, 0.5) is 10.5 Å². The standard InChI is InChI=1S/C32H44N4O7S/c1-20(2)35-14-22(15-35)16-36(44(39,40)25-10-8-24(33)9-11-25)17-29(37)28(12-21-6-4-3-5-7-21)34-32(38)43-30-23-13-26-27(30)19-42-31(26)41-18-23/h3-11,20,22-23,26-31,37H,12-19,33H2,1-2H3,(H,34,38)/t23?,26?,27?,28-,29+,30?,31?/m0/s1. The molecular weight excluding hydrogens is 584 g/mol. The lowest BCUT2D eigenvalue weighted by Crippen LogP contribution is -2.56. The fourth-order valence-electron chi connectivity index (χ4n) is 7.14. The third kappa shape index (κ3) is 6.61. The van der Waals surface area contributed by atoms with Crippen molar-refractivity contribution < 1.29 is 32.5 Å². The summed E-state index contributed by atoms with van der Waals surface area (Å²) >= 11 is 0. The zero-order valence-electron chi connectivity index (χ0n) is 25.3. The van der Waals surface area contributed by atoms with Crippen LogP contribution in [0, 0.1) is 23.7 Å². The summed E-state index contributed by atoms with van der Waals surface area (Å²) in [5, 5.41) is 14.6. The SMILES string of the molecule is CC(C)N1CC(CN(C[C@@H](O)[C@H](Cc2ccccc2)NC(=O)OC2C3COC4OCC2C4C3)S(=O)(=O)c2ccc(N)cc2)C1. The highest BCUT2D eigenvalue weighted by atomic mass is 32.2. The molecule has 2 aromatic carbocycles. The number of rotatable bonds is 12. The van der Waals surface area contributed by atoms with E-state index >= 15 is 0 Å². The minimum Gasteiger partial charge on any atom is -0.445 e. The highest BCUT2D eigenvalue weighted by molar-refractivity contribution is 7.89. The number of anilines is 1. The number of ether oxygens (including phenoxy) is 3. The number of aliphatic hydroxyl groups is 1. The topological polar surface area (TPSA) is 144 Å². The van der Waals surface area contributed by atoms with Gasteiger partial charge in [-0.15, -0.1) is 0 Å². The average Bonchev–Trinajstić information content (AvgIpc) is 3.50. The van der Waals surface area contributed by atoms with Gasteiger partial charge >= 0.3 is 6.09 Å². The molecule has 7 atom stereocenters. The van der Waals surface area contributed by atoms with Gasteiger partial charge in [0.15, 0.2) is 6.29 Å². The fraction of sp³-hybridized carbons (Fsp3) is 0.594. The van der Waals surface area contributed by atoms with Crippen LogP contribution in [-0.4, -0.2) is 98.8 Å². The van der Waals surface area contributed by atoms with Crippen LogP contribution in [0.25, 0.3) is 0 Å². The van der Waals surface area contributed by atoms with E-state index in [4.69, 9.17) is 19.9 Å². The summed E-state index contributed by atoms with van der Waals surface area (Å²) in [4.78, 5) is 15.8. The molecule has 2 aromatic rings. The molecule has 12 heteroatoms. The van der Waals surface area contributed by atoms with E-state index in [0.29, 0.717) is 31.4 Å². The predicted octanol–water partition coefficient (Wildman–Crippen LogP) is 2.31. The van der Waals surface area contributed by atoms with Gasteiger partial charge in [0, 0.05) is 55.7 Å². The van der Waals surface area contributed by atoms with Gasteiger partial charge in [0.1, 0.15) is 6.10 Å². The van der Waals surface area contributed by atoms with Crippen molar-refractivity contribution in [2.24, 2.45) is 23.7 Å². The molecule has 11 nitrogen and oxygen atoms in total. The number of amides is 1. The first-order valence-corrected chi connectivity index (χ1v) is 17.0. The Hall–Kier alpha value is -2.74. The minimum absolute atomic E-state index is 0.0872. The van der Waals surface area contributed by atoms with Gasteiger partial charge in [0.25, 0.3) is 0 Å². The second kappa shape index (κ2) is 12.9. The lowest BCUT2D eigenvalue weighted by molar-refractivity contribution is -0.169. The summed E-state index contributed by atoms with van der Waals surface area (Å²) in [7, 11) is -3.96. The van der Waals surface area contributed by atoms with Crippen LogP contribution in [0.1, 0.15) is 25.8 Å². The maximum Gasteiger partial charge on any atom is 0.407 e. The number of carbonyl (C=O) groups excluding carboxylic acids is 1. The van der Waals surface area contributed by atoms with E-state index < -0.39 is 28.3 Å². The summed E-state index contributed by atoms with van der Waals surface area (Å²) in [5.41, 5.74) is 7.19. The Balaban J connectivity index is 1.19. The first-order chi connectivity index (χ1) is 21.1. The molecule has 0 spiro atoms. The Morgan fingerprint density at radius 2 is 1.80 bits per heavy atom. The van der Waals surface area contributed by atoms with E-state index in [1.807, 2.05) is 30.3 Å². The highest BCUT2D eigenvalue weighted by Crippen LogP contribution is 2.49. The zero-order valence-corrected chi connectivity index (χ0v) is 26.1. The number of likely N-dealkylation sites (tertiary alicyclic amines) is 1. The summed E-state index contributed by atoms with van der Waals surface area (Å²) in [6, 6.07) is 15.2. The van der Waals surface area contributed by atoms with Gasteiger partial charge < -0.3 is 35.3 Å². The first-order valence-electron chi connectivity index (χ1n) is 15.6. The molecule has 3 saturated heterocycles. The van der Waals surface area contributed by atoms with Gasteiger partial charge in [-0.05, 0) is 62.4 Å². The third-order valence-corrected chi connectivity index (χ3v) is 11.5. The van der Waals surface area contributed by atoms with Gasteiger partial charge in [-0.25, -0.2) is 13.2 Å². The largest absolute Gasteiger partial charge is 0.445 e. The Bertz CT molecular complexity index is 1390. The molecule has 5 unspecified atom stereocenters. The number of nitrogens with two attached hydrogens (primary N) is 1. The second-order valence-corrected chi connectivity index (χ2v) is 15.0. The number of alkyl carbamates (subject to hydrolysis) is 1. The average molecular weight is 629 g/mol. The van der Waals surface area contributed by atoms with Crippen LogP contribution in [0.5, 0.6) is 0 Å². The molecule has 4 N–H and O–H groups in total. The monoisotopic (exact) mass is 628 g/mol. The van der Waals surface area contributed by atoms with E-state index in [0.717, 1.165) is 25.1 Å². The number of fused-ring (bicyclic) bond motifs is 1. The first kappa shape index (κ1) is 31.3. The molecule has 0 aromatic heterocycles. The van der Waals surface area contributed by atoms with Crippen molar-refractivity contribution in [3.8, 4) is 0 Å². The molecule has 44 heavy (non-hydrogen) atoms. The fourth-order valence-corrected chi connectivity index (χ4v) is 8.67. The van der Waals surface area contributed by atoms with Crippen LogP contribution in [0.3, 0.4) is 0 Å². The normalized spacial score (nSPS) is 28.2. The third-order valence-electron chi connectivity index (χ3n) is 9.68. The number of benzene rings is 2. The molecule has 3 heterocycles. The number of nitrogens with one attached hydrogen (secondary N) is 1. The van der Waals surface area contributed by atoms with Crippen molar-refractivity contribution in [2.75, 3.05) is 45.1 Å². The van der Waals surface area contributed by atoms with Crippen molar-refractivity contribution >= 4 is 21.8 Å². The lowest BCUT2D eigenvalue weighted by atomic mass is 9.97. The van der Waals surface area contributed by atoms with Crippen LogP contribution in [-0.2, 0) is 30.7 Å². The van der Waals surface area contributed by atoms with E-state index in [9.17, 15) is 18.3 Å². The van der Waals surface area contributed by atoms with E-state index in [1.165, 1.54) is 16.4 Å². The Morgan fingerprint density at radius 1 is 1.09 bits per heavy atom. The number of nitrogens with zero attached hydrogens (tertiary/aromatic N) is 2. The Labute approximate surface area is 259 Å². The van der Waals surface area contributed by atoms with Crippen LogP contribution in [0.2, 0.25) is 0 Å². The molecule has 240 valence electrons. The summed E-state index contributed by atoms with van der Waals surface area (Å²) in [6.45, 7) is 6.83. The molecule has 3 aliphatic heterocycles. The Kier molecular flexibility index (Phi) is 9.19. The molecule has 6 rings (SSSR count). The van der Waals surface area contributed by atoms with Crippen molar-refractivity contribution in [3.05, 3.63) is 60.2 Å². The summed E-state index contributed by atoms with van der Waals surface area (Å²) in [6.07, 6.45) is -1.20. The van der Waals surface area contributed by atoms with Crippen molar-refractivity contribution in [2.45, 2.75) is 62.2 Å². The smallest absolute Gasteiger partial charge is 0.407 e. The van der Waals surface area contributed by atoms with Crippen molar-refractivity contribution in [3.63, 3.8) is 0 Å². The maximum atomic E-state index is 13.9. The number of nitrogen functional groups attached to an aromatic ring is 1. The number of sulfonamides is 1. The van der Waals surface area contributed by atoms with Gasteiger partial charge in [-0.1, -0.05) is 30.3 Å². The quantitative estimate of drug-likeness (QED) is 0.302. The van der Waals surface area contributed by atoms with Gasteiger partial charge in [-0.2, -0.15) is 4.31 Å². The molecule has 2 bridgehead atoms. The minimum atomic E-state index is -3.96. The van der Waals surface area contributed by atoms with Crippen LogP contribution < -0.4 is 11.1 Å². The molecule has 4 aliphatic rings. The molecule has 1 aliphatic carbocycles. The number of hydrogen-bond donors (Lipinski definition) is 3. The van der Waals surface area contributed by atoms with E-state index in [1.54, 1.807) is 12.1 Å².